The van der Waals surface area contributed by atoms with Crippen LogP contribution in [-0.4, -0.2) is 41.3 Å². The van der Waals surface area contributed by atoms with E-state index < -0.39 is 15.9 Å². The number of hydrogen-bond acceptors (Lipinski definition) is 5. The average Bonchev–Trinajstić information content (AvgIpc) is 2.65. The molecule has 0 aliphatic rings. The lowest BCUT2D eigenvalue weighted by Crippen LogP contribution is -2.37. The molecule has 28 heavy (non-hydrogen) atoms. The maximum Gasteiger partial charge on any atom is 0.245 e. The molecule has 0 atom stereocenters. The average molecular weight is 407 g/mol. The number of rotatable bonds is 8. The van der Waals surface area contributed by atoms with E-state index in [2.05, 4.69) is 5.32 Å². The molecule has 2 aromatic carbocycles. The Morgan fingerprint density at radius 1 is 1.11 bits per heavy atom. The molecular formula is C20H26N2O5S. The molecule has 7 nitrogen and oxygen atoms in total. The highest BCUT2D eigenvalue weighted by Gasteiger charge is 2.25. The number of nitrogens with one attached hydrogen (secondary N) is 1. The fourth-order valence-electron chi connectivity index (χ4n) is 2.81. The largest absolute Gasteiger partial charge is 0.497 e. The molecule has 0 heterocycles. The van der Waals surface area contributed by atoms with Gasteiger partial charge in [-0.1, -0.05) is 32.0 Å². The minimum Gasteiger partial charge on any atom is -0.497 e. The van der Waals surface area contributed by atoms with Crippen molar-refractivity contribution < 1.29 is 22.7 Å². The van der Waals surface area contributed by atoms with Crippen molar-refractivity contribution in [2.45, 2.75) is 19.8 Å². The second-order valence-electron chi connectivity index (χ2n) is 6.60. The molecule has 0 aliphatic heterocycles. The normalized spacial score (nSPS) is 11.2. The first-order chi connectivity index (χ1) is 13.2. The lowest BCUT2D eigenvalue weighted by atomic mass is 10.0. The SMILES string of the molecule is COc1ccc(N(CC(=O)Nc2ccccc2C(C)C)S(C)(=O)=O)c(OC)c1. The number of benzene rings is 2. The molecule has 8 heteroatoms. The van der Waals surface area contributed by atoms with Crippen molar-refractivity contribution in [3.05, 3.63) is 48.0 Å². The Bertz CT molecular complexity index is 941. The van der Waals surface area contributed by atoms with Gasteiger partial charge in [0.15, 0.2) is 0 Å². The Labute approximate surface area is 166 Å². The van der Waals surface area contributed by atoms with Gasteiger partial charge in [-0.05, 0) is 29.7 Å². The predicted octanol–water partition coefficient (Wildman–Crippen LogP) is 3.23. The summed E-state index contributed by atoms with van der Waals surface area (Å²) in [6.07, 6.45) is 1.05. The smallest absolute Gasteiger partial charge is 0.245 e. The topological polar surface area (TPSA) is 84.9 Å². The third-order valence-electron chi connectivity index (χ3n) is 4.20. The van der Waals surface area contributed by atoms with Crippen LogP contribution in [0.4, 0.5) is 11.4 Å². The van der Waals surface area contributed by atoms with Crippen LogP contribution in [0.15, 0.2) is 42.5 Å². The van der Waals surface area contributed by atoms with Crippen LogP contribution < -0.4 is 19.1 Å². The van der Waals surface area contributed by atoms with E-state index in [0.717, 1.165) is 16.1 Å². The highest BCUT2D eigenvalue weighted by Crippen LogP contribution is 2.33. The van der Waals surface area contributed by atoms with Crippen LogP contribution in [-0.2, 0) is 14.8 Å². The van der Waals surface area contributed by atoms with E-state index in [4.69, 9.17) is 9.47 Å². The number of sulfonamides is 1. The summed E-state index contributed by atoms with van der Waals surface area (Å²) in [6.45, 7) is 3.67. The predicted molar refractivity (Wildman–Crippen MR) is 111 cm³/mol. The van der Waals surface area contributed by atoms with Crippen LogP contribution >= 0.6 is 0 Å². The van der Waals surface area contributed by atoms with E-state index in [1.165, 1.54) is 14.2 Å². The maximum absolute atomic E-state index is 12.7. The van der Waals surface area contributed by atoms with Crippen molar-refractivity contribution in [3.8, 4) is 11.5 Å². The summed E-state index contributed by atoms with van der Waals surface area (Å²) >= 11 is 0. The van der Waals surface area contributed by atoms with Crippen molar-refractivity contribution in [1.82, 2.24) is 0 Å². The zero-order valence-corrected chi connectivity index (χ0v) is 17.5. The first-order valence-electron chi connectivity index (χ1n) is 8.76. The monoisotopic (exact) mass is 406 g/mol. The van der Waals surface area contributed by atoms with Crippen LogP contribution in [0.5, 0.6) is 11.5 Å². The van der Waals surface area contributed by atoms with Crippen LogP contribution in [0.1, 0.15) is 25.3 Å². The number of ether oxygens (including phenoxy) is 2. The van der Waals surface area contributed by atoms with Crippen molar-refractivity contribution >= 4 is 27.3 Å². The number of para-hydroxylation sites is 1. The molecule has 0 radical (unpaired) electrons. The van der Waals surface area contributed by atoms with Crippen LogP contribution in [0, 0.1) is 0 Å². The fraction of sp³-hybridized carbons (Fsp3) is 0.350. The first kappa shape index (κ1) is 21.6. The minimum absolute atomic E-state index is 0.212. The summed E-state index contributed by atoms with van der Waals surface area (Å²) in [6, 6.07) is 12.2. The van der Waals surface area contributed by atoms with E-state index in [0.29, 0.717) is 17.2 Å². The second-order valence-corrected chi connectivity index (χ2v) is 8.50. The van der Waals surface area contributed by atoms with Crippen LogP contribution in [0.2, 0.25) is 0 Å². The van der Waals surface area contributed by atoms with E-state index in [9.17, 15) is 13.2 Å². The van der Waals surface area contributed by atoms with Crippen molar-refractivity contribution in [2.24, 2.45) is 0 Å². The number of amides is 1. The van der Waals surface area contributed by atoms with E-state index in [1.807, 2.05) is 32.0 Å². The third-order valence-corrected chi connectivity index (χ3v) is 5.33. The molecule has 0 spiro atoms. The van der Waals surface area contributed by atoms with Gasteiger partial charge in [0, 0.05) is 11.8 Å². The molecule has 0 unspecified atom stereocenters. The van der Waals surface area contributed by atoms with Gasteiger partial charge in [-0.2, -0.15) is 0 Å². The third kappa shape index (κ3) is 5.16. The summed E-state index contributed by atoms with van der Waals surface area (Å²) in [5.74, 6) is 0.574. The van der Waals surface area contributed by atoms with E-state index in [-0.39, 0.29) is 18.2 Å². The quantitative estimate of drug-likeness (QED) is 0.727. The van der Waals surface area contributed by atoms with E-state index >= 15 is 0 Å². The number of carbonyl (C=O) groups is 1. The van der Waals surface area contributed by atoms with Crippen LogP contribution in [0.25, 0.3) is 0 Å². The summed E-state index contributed by atoms with van der Waals surface area (Å²) in [7, 11) is -0.802. The molecule has 152 valence electrons. The molecular weight excluding hydrogens is 380 g/mol. The lowest BCUT2D eigenvalue weighted by molar-refractivity contribution is -0.114. The molecule has 0 saturated heterocycles. The van der Waals surface area contributed by atoms with Gasteiger partial charge < -0.3 is 14.8 Å². The number of hydrogen-bond donors (Lipinski definition) is 1. The molecule has 0 fully saturated rings. The zero-order valence-electron chi connectivity index (χ0n) is 16.7. The highest BCUT2D eigenvalue weighted by atomic mass is 32.2. The van der Waals surface area contributed by atoms with Gasteiger partial charge in [-0.3, -0.25) is 9.10 Å². The molecule has 1 N–H and O–H groups in total. The second kappa shape index (κ2) is 8.97. The molecule has 0 aromatic heterocycles. The van der Waals surface area contributed by atoms with E-state index in [1.54, 1.807) is 24.3 Å². The minimum atomic E-state index is -3.73. The maximum atomic E-state index is 12.7. The molecule has 2 aromatic rings. The van der Waals surface area contributed by atoms with Gasteiger partial charge >= 0.3 is 0 Å². The van der Waals surface area contributed by atoms with Gasteiger partial charge in [-0.25, -0.2) is 8.42 Å². The van der Waals surface area contributed by atoms with Crippen molar-refractivity contribution in [2.75, 3.05) is 36.6 Å². The Kier molecular flexibility index (Phi) is 6.90. The highest BCUT2D eigenvalue weighted by molar-refractivity contribution is 7.92. The summed E-state index contributed by atoms with van der Waals surface area (Å²) in [4.78, 5) is 12.7. The summed E-state index contributed by atoms with van der Waals surface area (Å²) in [5, 5.41) is 2.81. The zero-order chi connectivity index (χ0) is 20.9. The van der Waals surface area contributed by atoms with Crippen LogP contribution in [0.3, 0.4) is 0 Å². The van der Waals surface area contributed by atoms with Crippen molar-refractivity contribution in [3.63, 3.8) is 0 Å². The Morgan fingerprint density at radius 3 is 2.36 bits per heavy atom. The Hall–Kier alpha value is -2.74. The number of carbonyl (C=O) groups excluding carboxylic acids is 1. The Balaban J connectivity index is 2.33. The Morgan fingerprint density at radius 2 is 1.79 bits per heavy atom. The number of methoxy groups -OCH3 is 2. The fourth-order valence-corrected chi connectivity index (χ4v) is 3.67. The van der Waals surface area contributed by atoms with Gasteiger partial charge in [0.25, 0.3) is 0 Å². The number of anilines is 2. The summed E-state index contributed by atoms with van der Waals surface area (Å²) < 4.78 is 36.2. The van der Waals surface area contributed by atoms with Gasteiger partial charge in [-0.15, -0.1) is 0 Å². The number of nitrogens with zero attached hydrogens (tertiary/aromatic N) is 1. The summed E-state index contributed by atoms with van der Waals surface area (Å²) in [5.41, 5.74) is 1.90. The van der Waals surface area contributed by atoms with Gasteiger partial charge in [0.2, 0.25) is 15.9 Å². The molecule has 0 saturated carbocycles. The molecule has 1 amide bonds. The van der Waals surface area contributed by atoms with Gasteiger partial charge in [0.1, 0.15) is 18.0 Å². The molecule has 0 aliphatic carbocycles. The molecule has 2 rings (SSSR count). The molecule has 0 bridgehead atoms. The lowest BCUT2D eigenvalue weighted by Gasteiger charge is -2.24. The standard InChI is InChI=1S/C20H26N2O5S/c1-14(2)16-8-6-7-9-17(16)21-20(23)13-22(28(5,24)25)18-11-10-15(26-3)12-19(18)27-4/h6-12,14H,13H2,1-5H3,(H,21,23). The van der Waals surface area contributed by atoms with Gasteiger partial charge in [0.05, 0.1) is 26.2 Å². The van der Waals surface area contributed by atoms with Crippen molar-refractivity contribution in [1.29, 1.82) is 0 Å². The first-order valence-corrected chi connectivity index (χ1v) is 10.6.